The molecule has 1 amide bonds. The van der Waals surface area contributed by atoms with Crippen molar-refractivity contribution in [2.75, 3.05) is 0 Å². The molecule has 1 N–H and O–H groups in total. The standard InChI is InChI=1S/C21H23NO4/c1-21(2,22-20(24)25-14-15-8-4-3-5-9-15)19(23)26-18-12-16-10-6-7-11-17(16)13-18/h3-11,18H,12-14H2,1-2H3,(H,22,24). The molecule has 2 aromatic rings. The van der Waals surface area contributed by atoms with Gasteiger partial charge in [-0.15, -0.1) is 0 Å². The van der Waals surface area contributed by atoms with Crippen molar-refractivity contribution in [1.82, 2.24) is 5.32 Å². The van der Waals surface area contributed by atoms with Crippen molar-refractivity contribution in [3.63, 3.8) is 0 Å². The summed E-state index contributed by atoms with van der Waals surface area (Å²) in [6.45, 7) is 3.37. The van der Waals surface area contributed by atoms with E-state index in [2.05, 4.69) is 5.32 Å². The predicted molar refractivity (Wildman–Crippen MR) is 97.6 cm³/mol. The van der Waals surface area contributed by atoms with E-state index in [4.69, 9.17) is 9.47 Å². The molecule has 0 unspecified atom stereocenters. The number of esters is 1. The van der Waals surface area contributed by atoms with Crippen molar-refractivity contribution in [3.8, 4) is 0 Å². The van der Waals surface area contributed by atoms with E-state index in [-0.39, 0.29) is 12.7 Å². The molecule has 26 heavy (non-hydrogen) atoms. The lowest BCUT2D eigenvalue weighted by Gasteiger charge is -2.25. The number of ether oxygens (including phenoxy) is 2. The Bertz CT molecular complexity index is 761. The molecule has 0 saturated carbocycles. The van der Waals surface area contributed by atoms with Crippen LogP contribution < -0.4 is 5.32 Å². The van der Waals surface area contributed by atoms with Crippen molar-refractivity contribution >= 4 is 12.1 Å². The number of benzene rings is 2. The Morgan fingerprint density at radius 3 is 2.19 bits per heavy atom. The Balaban J connectivity index is 1.49. The normalized spacial score (nSPS) is 13.8. The van der Waals surface area contributed by atoms with Gasteiger partial charge in [-0.1, -0.05) is 54.6 Å². The van der Waals surface area contributed by atoms with E-state index in [9.17, 15) is 9.59 Å². The van der Waals surface area contributed by atoms with Gasteiger partial charge in [0.25, 0.3) is 0 Å². The lowest BCUT2D eigenvalue weighted by molar-refractivity contribution is -0.155. The number of amides is 1. The number of carbonyl (C=O) groups is 2. The van der Waals surface area contributed by atoms with Gasteiger partial charge in [0.2, 0.25) is 0 Å². The maximum absolute atomic E-state index is 12.5. The number of alkyl carbamates (subject to hydrolysis) is 1. The Hall–Kier alpha value is -2.82. The molecule has 0 fully saturated rings. The first-order valence-corrected chi connectivity index (χ1v) is 8.71. The summed E-state index contributed by atoms with van der Waals surface area (Å²) in [5, 5.41) is 2.59. The lowest BCUT2D eigenvalue weighted by Crippen LogP contribution is -2.51. The predicted octanol–water partition coefficient (Wildman–Crippen LogP) is 3.40. The number of carbonyl (C=O) groups excluding carboxylic acids is 2. The summed E-state index contributed by atoms with van der Waals surface area (Å²) >= 11 is 0. The van der Waals surface area contributed by atoms with Crippen LogP contribution in [0, 0.1) is 0 Å². The third-order valence-corrected chi connectivity index (χ3v) is 4.42. The molecule has 0 aliphatic heterocycles. The van der Waals surface area contributed by atoms with Gasteiger partial charge >= 0.3 is 12.1 Å². The van der Waals surface area contributed by atoms with Crippen LogP contribution in [0.5, 0.6) is 0 Å². The molecule has 1 aliphatic carbocycles. The van der Waals surface area contributed by atoms with Crippen molar-refractivity contribution < 1.29 is 19.1 Å². The van der Waals surface area contributed by atoms with E-state index < -0.39 is 17.6 Å². The van der Waals surface area contributed by atoms with Crippen LogP contribution in [0.1, 0.15) is 30.5 Å². The maximum atomic E-state index is 12.5. The minimum Gasteiger partial charge on any atom is -0.460 e. The van der Waals surface area contributed by atoms with Crippen LogP contribution in [0.25, 0.3) is 0 Å². The summed E-state index contributed by atoms with van der Waals surface area (Å²) in [4.78, 5) is 24.5. The molecule has 0 saturated heterocycles. The van der Waals surface area contributed by atoms with Gasteiger partial charge in [-0.25, -0.2) is 9.59 Å². The zero-order valence-corrected chi connectivity index (χ0v) is 15.0. The smallest absolute Gasteiger partial charge is 0.408 e. The largest absolute Gasteiger partial charge is 0.460 e. The van der Waals surface area contributed by atoms with E-state index in [1.807, 2.05) is 54.6 Å². The second-order valence-electron chi connectivity index (χ2n) is 7.02. The van der Waals surface area contributed by atoms with Crippen LogP contribution in [0.4, 0.5) is 4.79 Å². The molecule has 1 aliphatic rings. The minimum atomic E-state index is -1.16. The van der Waals surface area contributed by atoms with Crippen LogP contribution in [0.2, 0.25) is 0 Å². The maximum Gasteiger partial charge on any atom is 0.408 e. The molecule has 0 atom stereocenters. The fraction of sp³-hybridized carbons (Fsp3) is 0.333. The fourth-order valence-corrected chi connectivity index (χ4v) is 2.97. The van der Waals surface area contributed by atoms with Crippen molar-refractivity contribution in [2.45, 2.75) is 44.9 Å². The highest BCUT2D eigenvalue weighted by atomic mass is 16.6. The van der Waals surface area contributed by atoms with E-state index in [0.717, 1.165) is 5.56 Å². The molecule has 3 rings (SSSR count). The van der Waals surface area contributed by atoms with Crippen LogP contribution in [-0.2, 0) is 33.7 Å². The van der Waals surface area contributed by atoms with Gasteiger partial charge in [0.05, 0.1) is 0 Å². The molecule has 136 valence electrons. The zero-order chi connectivity index (χ0) is 18.6. The molecule has 0 heterocycles. The van der Waals surface area contributed by atoms with Gasteiger partial charge in [-0.3, -0.25) is 0 Å². The first-order chi connectivity index (χ1) is 12.4. The van der Waals surface area contributed by atoms with Gasteiger partial charge in [0, 0.05) is 12.8 Å². The van der Waals surface area contributed by atoms with Crippen molar-refractivity contribution in [1.29, 1.82) is 0 Å². The fourth-order valence-electron chi connectivity index (χ4n) is 2.97. The molecule has 5 nitrogen and oxygen atoms in total. The summed E-state index contributed by atoms with van der Waals surface area (Å²) < 4.78 is 10.8. The Morgan fingerprint density at radius 2 is 1.58 bits per heavy atom. The van der Waals surface area contributed by atoms with Gasteiger partial charge < -0.3 is 14.8 Å². The summed E-state index contributed by atoms with van der Waals surface area (Å²) in [7, 11) is 0. The Morgan fingerprint density at radius 1 is 1.00 bits per heavy atom. The molecule has 0 aromatic heterocycles. The third kappa shape index (κ3) is 4.42. The number of hydrogen-bond donors (Lipinski definition) is 1. The van der Waals surface area contributed by atoms with Gasteiger partial charge in [0.1, 0.15) is 18.2 Å². The molecular formula is C21H23NO4. The number of fused-ring (bicyclic) bond motifs is 1. The summed E-state index contributed by atoms with van der Waals surface area (Å²) in [6.07, 6.45) is 0.569. The minimum absolute atomic E-state index is 0.149. The van der Waals surface area contributed by atoms with E-state index in [1.165, 1.54) is 11.1 Å². The molecule has 0 spiro atoms. The average Bonchev–Trinajstić information content (AvgIpc) is 3.02. The van der Waals surface area contributed by atoms with Crippen LogP contribution in [-0.4, -0.2) is 23.7 Å². The molecule has 0 bridgehead atoms. The topological polar surface area (TPSA) is 64.6 Å². The monoisotopic (exact) mass is 353 g/mol. The van der Waals surface area contributed by atoms with Crippen LogP contribution in [0.15, 0.2) is 54.6 Å². The lowest BCUT2D eigenvalue weighted by atomic mass is 10.1. The first-order valence-electron chi connectivity index (χ1n) is 8.71. The molecule has 5 heteroatoms. The SMILES string of the molecule is CC(C)(NC(=O)OCc1ccccc1)C(=O)OC1Cc2ccccc2C1. The average molecular weight is 353 g/mol. The second-order valence-corrected chi connectivity index (χ2v) is 7.02. The van der Waals surface area contributed by atoms with Crippen LogP contribution >= 0.6 is 0 Å². The Kier molecular flexibility index (Phi) is 5.26. The van der Waals surface area contributed by atoms with E-state index >= 15 is 0 Å². The first kappa shape index (κ1) is 18.0. The van der Waals surface area contributed by atoms with Gasteiger partial charge in [-0.05, 0) is 30.5 Å². The second kappa shape index (κ2) is 7.60. The molecule has 0 radical (unpaired) electrons. The highest BCUT2D eigenvalue weighted by Crippen LogP contribution is 2.24. The quantitative estimate of drug-likeness (QED) is 0.837. The van der Waals surface area contributed by atoms with Gasteiger partial charge in [-0.2, -0.15) is 0 Å². The zero-order valence-electron chi connectivity index (χ0n) is 15.0. The van der Waals surface area contributed by atoms with Crippen LogP contribution in [0.3, 0.4) is 0 Å². The number of hydrogen-bond acceptors (Lipinski definition) is 4. The van der Waals surface area contributed by atoms with Crippen molar-refractivity contribution in [3.05, 3.63) is 71.3 Å². The highest BCUT2D eigenvalue weighted by molar-refractivity contribution is 5.85. The van der Waals surface area contributed by atoms with E-state index in [0.29, 0.717) is 12.8 Å². The van der Waals surface area contributed by atoms with Crippen molar-refractivity contribution in [2.24, 2.45) is 0 Å². The molecular weight excluding hydrogens is 330 g/mol. The summed E-state index contributed by atoms with van der Waals surface area (Å²) in [6, 6.07) is 17.4. The summed E-state index contributed by atoms with van der Waals surface area (Å²) in [5.41, 5.74) is 2.13. The number of rotatable bonds is 5. The van der Waals surface area contributed by atoms with Gasteiger partial charge in [0.15, 0.2) is 0 Å². The van der Waals surface area contributed by atoms with E-state index in [1.54, 1.807) is 13.8 Å². The highest BCUT2D eigenvalue weighted by Gasteiger charge is 2.35. The Labute approximate surface area is 153 Å². The molecule has 2 aromatic carbocycles. The third-order valence-electron chi connectivity index (χ3n) is 4.42. The summed E-state index contributed by atoms with van der Waals surface area (Å²) in [5.74, 6) is -0.466. The number of nitrogens with one attached hydrogen (secondary N) is 1.